The molecule has 150 valence electrons. The first-order chi connectivity index (χ1) is 13.7. The number of hydrogen-bond donors (Lipinski definition) is 1. The summed E-state index contributed by atoms with van der Waals surface area (Å²) in [7, 11) is 1.66. The minimum Gasteiger partial charge on any atom is -0.497 e. The second kappa shape index (κ2) is 8.62. The first-order valence-corrected chi connectivity index (χ1v) is 11.1. The van der Waals surface area contributed by atoms with Gasteiger partial charge in [-0.1, -0.05) is 6.42 Å². The number of benzene rings is 1. The number of thiazole rings is 1. The van der Waals surface area contributed by atoms with E-state index in [2.05, 4.69) is 15.2 Å². The minimum absolute atomic E-state index is 0.0164. The van der Waals surface area contributed by atoms with Crippen LogP contribution < -0.4 is 10.1 Å². The molecule has 1 aromatic heterocycles. The van der Waals surface area contributed by atoms with Gasteiger partial charge in [-0.15, -0.1) is 11.3 Å². The second-order valence-corrected chi connectivity index (χ2v) is 8.87. The Kier molecular flexibility index (Phi) is 5.97. The number of amides is 1. The van der Waals surface area contributed by atoms with Gasteiger partial charge in [-0.3, -0.25) is 4.79 Å². The fourth-order valence-electron chi connectivity index (χ4n) is 4.58. The maximum Gasteiger partial charge on any atom is 0.263 e. The summed E-state index contributed by atoms with van der Waals surface area (Å²) in [4.78, 5) is 20.8. The molecule has 5 nitrogen and oxygen atoms in total. The summed E-state index contributed by atoms with van der Waals surface area (Å²) < 4.78 is 5.21. The lowest BCUT2D eigenvalue weighted by Gasteiger charge is -2.44. The van der Waals surface area contributed by atoms with E-state index in [4.69, 9.17) is 4.74 Å². The van der Waals surface area contributed by atoms with E-state index in [1.165, 1.54) is 56.5 Å². The van der Waals surface area contributed by atoms with Gasteiger partial charge in [0.1, 0.15) is 15.6 Å². The molecule has 0 aliphatic carbocycles. The third-order valence-electron chi connectivity index (χ3n) is 6.09. The highest BCUT2D eigenvalue weighted by Gasteiger charge is 2.33. The van der Waals surface area contributed by atoms with Gasteiger partial charge < -0.3 is 15.0 Å². The number of methoxy groups -OCH3 is 1. The predicted molar refractivity (Wildman–Crippen MR) is 113 cm³/mol. The highest BCUT2D eigenvalue weighted by molar-refractivity contribution is 7.17. The Labute approximate surface area is 171 Å². The van der Waals surface area contributed by atoms with Crippen LogP contribution in [0.2, 0.25) is 0 Å². The molecular formula is C22H29N3O2S. The van der Waals surface area contributed by atoms with Gasteiger partial charge in [-0.25, -0.2) is 4.98 Å². The fourth-order valence-corrected chi connectivity index (χ4v) is 5.57. The molecule has 2 saturated heterocycles. The average molecular weight is 400 g/mol. The quantitative estimate of drug-likeness (QED) is 0.822. The number of rotatable bonds is 5. The molecule has 28 heavy (non-hydrogen) atoms. The zero-order chi connectivity index (χ0) is 19.5. The monoisotopic (exact) mass is 399 g/mol. The van der Waals surface area contributed by atoms with E-state index >= 15 is 0 Å². The Morgan fingerprint density at radius 1 is 1.21 bits per heavy atom. The van der Waals surface area contributed by atoms with Crippen LogP contribution in [0.3, 0.4) is 0 Å². The summed E-state index contributed by atoms with van der Waals surface area (Å²) in [6.07, 6.45) is 6.40. The molecule has 0 radical (unpaired) electrons. The van der Waals surface area contributed by atoms with Crippen molar-refractivity contribution in [2.24, 2.45) is 5.92 Å². The van der Waals surface area contributed by atoms with Gasteiger partial charge in [-0.2, -0.15) is 0 Å². The third kappa shape index (κ3) is 4.08. The molecule has 4 rings (SSSR count). The molecule has 2 atom stereocenters. The van der Waals surface area contributed by atoms with Gasteiger partial charge in [0.15, 0.2) is 0 Å². The fraction of sp³-hybridized carbons (Fsp3) is 0.545. The lowest BCUT2D eigenvalue weighted by Crippen LogP contribution is -2.50. The summed E-state index contributed by atoms with van der Waals surface area (Å²) >= 11 is 1.47. The molecule has 1 aromatic carbocycles. The molecule has 1 N–H and O–H groups in total. The number of aryl methyl sites for hydroxylation is 1. The first-order valence-electron chi connectivity index (χ1n) is 10.3. The van der Waals surface area contributed by atoms with E-state index < -0.39 is 0 Å². The molecule has 2 fully saturated rings. The third-order valence-corrected chi connectivity index (χ3v) is 7.30. The van der Waals surface area contributed by atoms with Crippen LogP contribution in [0.15, 0.2) is 24.3 Å². The van der Waals surface area contributed by atoms with Crippen LogP contribution >= 0.6 is 11.3 Å². The highest BCUT2D eigenvalue weighted by Crippen LogP contribution is 2.31. The Morgan fingerprint density at radius 2 is 2.00 bits per heavy atom. The maximum absolute atomic E-state index is 12.8. The molecule has 1 amide bonds. The Morgan fingerprint density at radius 3 is 2.79 bits per heavy atom. The van der Waals surface area contributed by atoms with E-state index in [9.17, 15) is 4.79 Å². The largest absolute Gasteiger partial charge is 0.497 e. The van der Waals surface area contributed by atoms with Crippen LogP contribution in [0.4, 0.5) is 0 Å². The minimum atomic E-state index is 0.0164. The van der Waals surface area contributed by atoms with Crippen molar-refractivity contribution in [3.63, 3.8) is 0 Å². The molecule has 2 aromatic rings. The zero-order valence-corrected chi connectivity index (χ0v) is 17.6. The molecule has 6 heteroatoms. The van der Waals surface area contributed by atoms with Crippen molar-refractivity contribution in [3.8, 4) is 16.3 Å². The van der Waals surface area contributed by atoms with Crippen molar-refractivity contribution in [2.45, 2.75) is 45.1 Å². The SMILES string of the molecule is COc1ccc(-c2nc(C)c(C(=O)NC[C@@H]3CCCN4CCCC[C@H]34)s2)cc1. The number of piperidine rings is 2. The molecule has 2 aliphatic heterocycles. The molecule has 0 spiro atoms. The van der Waals surface area contributed by atoms with Gasteiger partial charge in [0.05, 0.1) is 12.8 Å². The molecule has 3 heterocycles. The van der Waals surface area contributed by atoms with Crippen LogP contribution in [0, 0.1) is 12.8 Å². The summed E-state index contributed by atoms with van der Waals surface area (Å²) in [5.41, 5.74) is 1.81. The Bertz CT molecular complexity index is 816. The normalized spacial score (nSPS) is 22.5. The van der Waals surface area contributed by atoms with Crippen LogP contribution in [0.5, 0.6) is 5.75 Å². The van der Waals surface area contributed by atoms with Crippen molar-refractivity contribution >= 4 is 17.2 Å². The van der Waals surface area contributed by atoms with Gasteiger partial charge >= 0.3 is 0 Å². The number of fused-ring (bicyclic) bond motifs is 1. The lowest BCUT2D eigenvalue weighted by molar-refractivity contribution is 0.0576. The standard InChI is InChI=1S/C22H29N3O2S/c1-15-20(28-22(24-15)16-8-10-18(27-2)11-9-16)21(26)23-14-17-6-5-13-25-12-4-3-7-19(17)25/h8-11,17,19H,3-7,12-14H2,1-2H3,(H,23,26)/t17-,19+/m0/s1. The van der Waals surface area contributed by atoms with Gasteiger partial charge in [0.2, 0.25) is 0 Å². The predicted octanol–water partition coefficient (Wildman–Crippen LogP) is 4.12. The summed E-state index contributed by atoms with van der Waals surface area (Å²) in [5, 5.41) is 4.09. The molecular weight excluding hydrogens is 370 g/mol. The van der Waals surface area contributed by atoms with Crippen molar-refractivity contribution < 1.29 is 9.53 Å². The van der Waals surface area contributed by atoms with E-state index in [-0.39, 0.29) is 5.91 Å². The van der Waals surface area contributed by atoms with Crippen LogP contribution in [0.1, 0.15) is 47.5 Å². The van der Waals surface area contributed by atoms with E-state index in [0.29, 0.717) is 12.0 Å². The van der Waals surface area contributed by atoms with Crippen LogP contribution in [-0.4, -0.2) is 48.6 Å². The number of nitrogens with one attached hydrogen (secondary N) is 1. The molecule has 0 bridgehead atoms. The molecule has 2 aliphatic rings. The number of carbonyl (C=O) groups is 1. The number of ether oxygens (including phenoxy) is 1. The number of carbonyl (C=O) groups excluding carboxylic acids is 1. The maximum atomic E-state index is 12.8. The van der Waals surface area contributed by atoms with Gasteiger partial charge in [-0.05, 0) is 75.9 Å². The van der Waals surface area contributed by atoms with E-state index in [1.54, 1.807) is 7.11 Å². The van der Waals surface area contributed by atoms with Crippen molar-refractivity contribution in [1.82, 2.24) is 15.2 Å². The first kappa shape index (κ1) is 19.4. The molecule has 0 unspecified atom stereocenters. The number of hydrogen-bond acceptors (Lipinski definition) is 5. The van der Waals surface area contributed by atoms with Crippen LogP contribution in [0.25, 0.3) is 10.6 Å². The Hall–Kier alpha value is -1.92. The number of nitrogens with zero attached hydrogens (tertiary/aromatic N) is 2. The lowest BCUT2D eigenvalue weighted by atomic mass is 9.83. The summed E-state index contributed by atoms with van der Waals surface area (Å²) in [6.45, 7) is 5.15. The Balaban J connectivity index is 1.41. The molecule has 0 saturated carbocycles. The van der Waals surface area contributed by atoms with E-state index in [1.807, 2.05) is 31.2 Å². The smallest absolute Gasteiger partial charge is 0.263 e. The van der Waals surface area contributed by atoms with E-state index in [0.717, 1.165) is 33.4 Å². The van der Waals surface area contributed by atoms with Crippen LogP contribution in [-0.2, 0) is 0 Å². The van der Waals surface area contributed by atoms with Gasteiger partial charge in [0.25, 0.3) is 5.91 Å². The topological polar surface area (TPSA) is 54.5 Å². The van der Waals surface area contributed by atoms with Crippen molar-refractivity contribution in [2.75, 3.05) is 26.7 Å². The second-order valence-electron chi connectivity index (χ2n) is 7.87. The zero-order valence-electron chi connectivity index (χ0n) is 16.7. The number of aromatic nitrogens is 1. The highest BCUT2D eigenvalue weighted by atomic mass is 32.1. The summed E-state index contributed by atoms with van der Waals surface area (Å²) in [5.74, 6) is 1.41. The van der Waals surface area contributed by atoms with Crippen molar-refractivity contribution in [3.05, 3.63) is 34.8 Å². The van der Waals surface area contributed by atoms with Crippen molar-refractivity contribution in [1.29, 1.82) is 0 Å². The summed E-state index contributed by atoms with van der Waals surface area (Å²) in [6, 6.07) is 8.47. The van der Waals surface area contributed by atoms with Gasteiger partial charge in [0, 0.05) is 18.2 Å². The average Bonchev–Trinajstić information content (AvgIpc) is 3.13.